The van der Waals surface area contributed by atoms with Crippen molar-refractivity contribution in [3.8, 4) is 0 Å². The van der Waals surface area contributed by atoms with Crippen LogP contribution < -0.4 is 3.58 Å². The molecule has 1 heteroatoms. The zero-order chi connectivity index (χ0) is 7.72. The number of benzene rings is 1. The first kappa shape index (κ1) is 8.12. The van der Waals surface area contributed by atoms with Gasteiger partial charge in [-0.05, 0) is 0 Å². The molecule has 0 spiro atoms. The second-order valence-electron chi connectivity index (χ2n) is 2.95. The summed E-state index contributed by atoms with van der Waals surface area (Å²) >= 11 is 0.670. The van der Waals surface area contributed by atoms with Crippen molar-refractivity contribution in [2.24, 2.45) is 0 Å². The maximum absolute atomic E-state index is 2.27. The van der Waals surface area contributed by atoms with E-state index in [4.69, 9.17) is 0 Å². The SMILES string of the molecule is Cc1cc[c]([SnH3])c(C)c1C. The summed E-state index contributed by atoms with van der Waals surface area (Å²) in [7, 11) is 0. The van der Waals surface area contributed by atoms with Gasteiger partial charge in [-0.3, -0.25) is 0 Å². The summed E-state index contributed by atoms with van der Waals surface area (Å²) in [5.74, 6) is 0. The van der Waals surface area contributed by atoms with Crippen LogP contribution in [-0.2, 0) is 0 Å². The van der Waals surface area contributed by atoms with Crippen molar-refractivity contribution in [2.75, 3.05) is 0 Å². The van der Waals surface area contributed by atoms with Crippen LogP contribution in [0.25, 0.3) is 0 Å². The molecule has 0 radical (unpaired) electrons. The zero-order valence-corrected chi connectivity index (χ0v) is 12.9. The third kappa shape index (κ3) is 1.36. The predicted octanol–water partition coefficient (Wildman–Crippen LogP) is 0.603. The Morgan fingerprint density at radius 2 is 1.60 bits per heavy atom. The Hall–Kier alpha value is 0.0187. The molecule has 0 fully saturated rings. The number of hydrogen-bond acceptors (Lipinski definition) is 0. The Bertz CT molecular complexity index is 224. The Kier molecular flexibility index (Phi) is 2.40. The van der Waals surface area contributed by atoms with Crippen molar-refractivity contribution >= 4 is 26.1 Å². The molecule has 1 aromatic carbocycles. The first-order valence-corrected chi connectivity index (χ1v) is 6.51. The molecular weight excluding hydrogens is 227 g/mol. The zero-order valence-electron chi connectivity index (χ0n) is 7.15. The van der Waals surface area contributed by atoms with E-state index in [0.717, 1.165) is 0 Å². The van der Waals surface area contributed by atoms with E-state index in [1.165, 1.54) is 16.7 Å². The van der Waals surface area contributed by atoms with Crippen LogP contribution in [-0.4, -0.2) is 22.5 Å². The van der Waals surface area contributed by atoms with Crippen molar-refractivity contribution in [2.45, 2.75) is 20.8 Å². The Morgan fingerprint density at radius 3 is 2.10 bits per heavy atom. The molecular formula is C9H14Sn. The molecule has 1 aromatic rings. The van der Waals surface area contributed by atoms with Gasteiger partial charge in [-0.15, -0.1) is 0 Å². The van der Waals surface area contributed by atoms with E-state index in [1.807, 2.05) is 0 Å². The van der Waals surface area contributed by atoms with Crippen LogP contribution in [0.5, 0.6) is 0 Å². The van der Waals surface area contributed by atoms with Gasteiger partial charge in [0.1, 0.15) is 0 Å². The molecule has 0 atom stereocenters. The molecule has 0 aliphatic heterocycles. The van der Waals surface area contributed by atoms with Gasteiger partial charge < -0.3 is 0 Å². The third-order valence-corrected chi connectivity index (χ3v) is 5.42. The van der Waals surface area contributed by atoms with Gasteiger partial charge in [-0.2, -0.15) is 0 Å². The van der Waals surface area contributed by atoms with Gasteiger partial charge >= 0.3 is 75.7 Å². The fourth-order valence-corrected chi connectivity index (χ4v) is 2.64. The van der Waals surface area contributed by atoms with Crippen LogP contribution in [0.3, 0.4) is 0 Å². The van der Waals surface area contributed by atoms with E-state index in [0.29, 0.717) is 22.5 Å². The van der Waals surface area contributed by atoms with Gasteiger partial charge in [0.2, 0.25) is 0 Å². The average Bonchev–Trinajstić information content (AvgIpc) is 1.93. The molecule has 0 saturated heterocycles. The molecule has 0 nitrogen and oxygen atoms in total. The van der Waals surface area contributed by atoms with Gasteiger partial charge in [0.05, 0.1) is 0 Å². The first-order chi connectivity index (χ1) is 4.63. The fourth-order valence-electron chi connectivity index (χ4n) is 1.09. The first-order valence-electron chi connectivity index (χ1n) is 3.66. The van der Waals surface area contributed by atoms with E-state index >= 15 is 0 Å². The number of aryl methyl sites for hydroxylation is 1. The van der Waals surface area contributed by atoms with Crippen LogP contribution in [0, 0.1) is 20.8 Å². The Morgan fingerprint density at radius 1 is 1.00 bits per heavy atom. The monoisotopic (exact) mass is 242 g/mol. The number of rotatable bonds is 0. The molecule has 54 valence electrons. The van der Waals surface area contributed by atoms with Gasteiger partial charge in [-0.1, -0.05) is 0 Å². The molecule has 0 aliphatic carbocycles. The molecule has 0 amide bonds. The Labute approximate surface area is 75.7 Å². The molecule has 0 unspecified atom stereocenters. The van der Waals surface area contributed by atoms with Crippen LogP contribution in [0.15, 0.2) is 12.1 Å². The van der Waals surface area contributed by atoms with E-state index < -0.39 is 0 Å². The predicted molar refractivity (Wildman–Crippen MR) is 50.2 cm³/mol. The summed E-state index contributed by atoms with van der Waals surface area (Å²) in [4.78, 5) is 0. The van der Waals surface area contributed by atoms with Crippen molar-refractivity contribution in [1.29, 1.82) is 0 Å². The molecule has 10 heavy (non-hydrogen) atoms. The molecule has 1 rings (SSSR count). The van der Waals surface area contributed by atoms with Crippen LogP contribution >= 0.6 is 0 Å². The van der Waals surface area contributed by atoms with Crippen LogP contribution in [0.2, 0.25) is 0 Å². The second kappa shape index (κ2) is 2.95. The van der Waals surface area contributed by atoms with E-state index in [-0.39, 0.29) is 0 Å². The maximum atomic E-state index is 2.27. The summed E-state index contributed by atoms with van der Waals surface area (Å²) in [5, 5.41) is 0. The molecule has 0 heterocycles. The van der Waals surface area contributed by atoms with Gasteiger partial charge in [0.25, 0.3) is 0 Å². The van der Waals surface area contributed by atoms with Crippen LogP contribution in [0.4, 0.5) is 0 Å². The summed E-state index contributed by atoms with van der Waals surface area (Å²) in [6.07, 6.45) is 0. The summed E-state index contributed by atoms with van der Waals surface area (Å²) in [5.41, 5.74) is 4.43. The summed E-state index contributed by atoms with van der Waals surface area (Å²) in [6.45, 7) is 6.62. The molecule has 0 N–H and O–H groups in total. The number of hydrogen-bond donors (Lipinski definition) is 0. The minimum absolute atomic E-state index is 0.670. The molecule has 0 aliphatic rings. The second-order valence-corrected chi connectivity index (χ2v) is 6.02. The van der Waals surface area contributed by atoms with Gasteiger partial charge in [0.15, 0.2) is 0 Å². The van der Waals surface area contributed by atoms with Crippen molar-refractivity contribution in [3.63, 3.8) is 0 Å². The van der Waals surface area contributed by atoms with Crippen molar-refractivity contribution < 1.29 is 0 Å². The molecule has 0 bridgehead atoms. The van der Waals surface area contributed by atoms with E-state index in [1.54, 1.807) is 3.58 Å². The Balaban J connectivity index is 3.34. The van der Waals surface area contributed by atoms with Crippen molar-refractivity contribution in [3.05, 3.63) is 28.8 Å². The average molecular weight is 241 g/mol. The van der Waals surface area contributed by atoms with E-state index in [2.05, 4.69) is 32.9 Å². The standard InChI is InChI=1S/C9H11.Sn.3H/c1-7-5-4-6-8(2)9(7)3;;;;/h4-5H,1-3H3;;;;. The van der Waals surface area contributed by atoms with Crippen molar-refractivity contribution in [1.82, 2.24) is 0 Å². The summed E-state index contributed by atoms with van der Waals surface area (Å²) in [6, 6.07) is 4.50. The van der Waals surface area contributed by atoms with Gasteiger partial charge in [0, 0.05) is 0 Å². The van der Waals surface area contributed by atoms with Gasteiger partial charge in [-0.25, -0.2) is 0 Å². The normalized spacial score (nSPS) is 10.3. The third-order valence-electron chi connectivity index (χ3n) is 2.33. The molecule has 0 saturated carbocycles. The molecule has 0 aromatic heterocycles. The topological polar surface area (TPSA) is 0 Å². The van der Waals surface area contributed by atoms with Crippen LogP contribution in [0.1, 0.15) is 16.7 Å². The quantitative estimate of drug-likeness (QED) is 0.583. The minimum atomic E-state index is 0.670. The fraction of sp³-hybridized carbons (Fsp3) is 0.333. The summed E-state index contributed by atoms with van der Waals surface area (Å²) < 4.78 is 1.60. The van der Waals surface area contributed by atoms with E-state index in [9.17, 15) is 0 Å².